The molecule has 0 spiro atoms. The molecule has 284 valence electrons. The van der Waals surface area contributed by atoms with Crippen LogP contribution < -0.4 is 17.2 Å². The summed E-state index contributed by atoms with van der Waals surface area (Å²) in [4.78, 5) is 12.4. The van der Waals surface area contributed by atoms with Gasteiger partial charge in [0.2, 0.25) is 0 Å². The summed E-state index contributed by atoms with van der Waals surface area (Å²) in [7, 11) is -12.6. The lowest BCUT2D eigenvalue weighted by molar-refractivity contribution is 0.0698. The summed E-state index contributed by atoms with van der Waals surface area (Å²) in [6.45, 7) is 2.54. The molecular weight excluding hydrogens is 767 g/mol. The van der Waals surface area contributed by atoms with Crippen LogP contribution in [0, 0.1) is 6.92 Å². The molecule has 0 atom stereocenters. The van der Waals surface area contributed by atoms with E-state index in [1.807, 2.05) is 6.92 Å². The highest BCUT2D eigenvalue weighted by atomic mass is 32.3. The summed E-state index contributed by atoms with van der Waals surface area (Å²) in [5.41, 5.74) is 18.0. The van der Waals surface area contributed by atoms with E-state index >= 15 is 0 Å². The number of nitrogens with two attached hydrogens (primary N) is 3. The number of azo groups is 3. The summed E-state index contributed by atoms with van der Waals surface area (Å²) < 4.78 is 84.1. The predicted octanol–water partition coefficient (Wildman–Crippen LogP) is 6.43. The topological polar surface area (TPSA) is 321 Å². The van der Waals surface area contributed by atoms with Crippen molar-refractivity contribution in [3.63, 3.8) is 0 Å². The van der Waals surface area contributed by atoms with Gasteiger partial charge in [-0.15, -0.1) is 15.3 Å². The maximum Gasteiger partial charge on any atom is 0.397 e. The predicted molar refractivity (Wildman–Crippen MR) is 199 cm³/mol. The van der Waals surface area contributed by atoms with Crippen LogP contribution >= 0.6 is 0 Å². The highest BCUT2D eigenvalue weighted by Gasteiger charge is 2.27. The van der Waals surface area contributed by atoms with Gasteiger partial charge in [-0.2, -0.15) is 23.8 Å². The van der Waals surface area contributed by atoms with E-state index < -0.39 is 59.7 Å². The first-order valence-corrected chi connectivity index (χ1v) is 20.0. The van der Waals surface area contributed by atoms with Crippen molar-refractivity contribution in [2.75, 3.05) is 23.8 Å². The number of nitrogens with zero attached hydrogens (tertiary/aromatic N) is 6. The number of allylic oxidation sites excluding steroid dienone is 1. The van der Waals surface area contributed by atoms with E-state index in [9.17, 15) is 35.2 Å². The lowest BCUT2D eigenvalue weighted by Gasteiger charge is -2.13. The average molecular weight is 800 g/mol. The van der Waals surface area contributed by atoms with Crippen LogP contribution in [-0.4, -0.2) is 53.2 Å². The molecule has 0 fully saturated rings. The van der Waals surface area contributed by atoms with Crippen molar-refractivity contribution >= 4 is 81.5 Å². The van der Waals surface area contributed by atoms with Crippen molar-refractivity contribution in [1.82, 2.24) is 0 Å². The number of sulfone groups is 2. The van der Waals surface area contributed by atoms with Gasteiger partial charge in [-0.25, -0.2) is 25.8 Å². The number of carboxylic acids is 1. The summed E-state index contributed by atoms with van der Waals surface area (Å²) in [6.07, 6.45) is 1.28. The molecule has 0 bridgehead atoms. The molecule has 0 aromatic heterocycles. The van der Waals surface area contributed by atoms with Crippen molar-refractivity contribution in [3.8, 4) is 0 Å². The number of anilines is 2. The van der Waals surface area contributed by atoms with E-state index in [4.69, 9.17) is 21.8 Å². The van der Waals surface area contributed by atoms with Crippen LogP contribution in [0.25, 0.3) is 0 Å². The maximum absolute atomic E-state index is 12.7. The molecule has 0 aliphatic heterocycles. The number of aromatic carboxylic acids is 1. The van der Waals surface area contributed by atoms with Crippen LogP contribution in [0.4, 0.5) is 45.5 Å². The Morgan fingerprint density at radius 3 is 1.61 bits per heavy atom. The SMILES string of the molecule is C/C=C(/N)S(=O)(=O)Cc1ccc(N=Nc2c(N)c(N=Nc3ccc(S(=O)(=O)CCOS(=O)(=O)O)cc3)c(N)c(N=Nc3ccc(C)cc3)c2C(=O)O)cc1. The lowest BCUT2D eigenvalue weighted by atomic mass is 10.1. The van der Waals surface area contributed by atoms with Crippen LogP contribution in [0.2, 0.25) is 0 Å². The lowest BCUT2D eigenvalue weighted by Crippen LogP contribution is -2.15. The molecule has 19 nitrogen and oxygen atoms in total. The Bertz CT molecular complexity index is 2500. The summed E-state index contributed by atoms with van der Waals surface area (Å²) >= 11 is 0. The number of benzene rings is 4. The second-order valence-electron chi connectivity index (χ2n) is 11.2. The molecule has 0 amide bonds. The highest BCUT2D eigenvalue weighted by Crippen LogP contribution is 2.49. The zero-order chi connectivity index (χ0) is 39.8. The van der Waals surface area contributed by atoms with Gasteiger partial charge < -0.3 is 22.3 Å². The molecule has 0 aliphatic carbocycles. The fourth-order valence-corrected chi connectivity index (χ4v) is 7.08. The molecule has 0 heterocycles. The van der Waals surface area contributed by atoms with E-state index in [1.165, 1.54) is 49.4 Å². The Hall–Kier alpha value is -5.94. The largest absolute Gasteiger partial charge is 0.478 e. The molecule has 4 rings (SSSR count). The molecule has 54 heavy (non-hydrogen) atoms. The van der Waals surface area contributed by atoms with Crippen molar-refractivity contribution in [1.29, 1.82) is 0 Å². The average Bonchev–Trinajstić information content (AvgIpc) is 3.10. The molecular formula is C32H33N9O10S3. The summed E-state index contributed by atoms with van der Waals surface area (Å²) in [5, 5.41) is 34.6. The first-order chi connectivity index (χ1) is 25.3. The second kappa shape index (κ2) is 16.8. The number of rotatable bonds is 15. The second-order valence-corrected chi connectivity index (χ2v) is 16.4. The number of hydrogen-bond acceptors (Lipinski definition) is 17. The molecule has 4 aromatic rings. The Morgan fingerprint density at radius 2 is 1.17 bits per heavy atom. The maximum atomic E-state index is 12.7. The molecule has 0 radical (unpaired) electrons. The van der Waals surface area contributed by atoms with Gasteiger partial charge in [0.25, 0.3) is 0 Å². The number of hydrogen-bond donors (Lipinski definition) is 5. The number of carboxylic acid groups (broad SMARTS) is 1. The molecule has 0 saturated carbocycles. The van der Waals surface area contributed by atoms with Gasteiger partial charge in [0.15, 0.2) is 19.7 Å². The first kappa shape index (κ1) is 40.8. The van der Waals surface area contributed by atoms with Gasteiger partial charge in [0, 0.05) is 0 Å². The number of carbonyl (C=O) groups is 1. The molecule has 8 N–H and O–H groups in total. The van der Waals surface area contributed by atoms with E-state index in [1.54, 1.807) is 24.3 Å². The van der Waals surface area contributed by atoms with Gasteiger partial charge in [-0.3, -0.25) is 4.55 Å². The molecule has 0 unspecified atom stereocenters. The molecule has 0 saturated heterocycles. The minimum Gasteiger partial charge on any atom is -0.478 e. The quantitative estimate of drug-likeness (QED) is 0.0492. The zero-order valence-electron chi connectivity index (χ0n) is 28.4. The zero-order valence-corrected chi connectivity index (χ0v) is 30.9. The molecule has 0 aliphatic rings. The highest BCUT2D eigenvalue weighted by molar-refractivity contribution is 7.94. The third-order valence-electron chi connectivity index (χ3n) is 7.26. The molecule has 4 aromatic carbocycles. The monoisotopic (exact) mass is 799 g/mol. The van der Waals surface area contributed by atoms with Gasteiger partial charge in [0.05, 0.1) is 51.4 Å². The third kappa shape index (κ3) is 10.6. The van der Waals surface area contributed by atoms with Crippen molar-refractivity contribution in [2.24, 2.45) is 36.4 Å². The van der Waals surface area contributed by atoms with E-state index in [2.05, 4.69) is 34.9 Å². The Morgan fingerprint density at radius 1 is 0.722 bits per heavy atom. The summed E-state index contributed by atoms with van der Waals surface area (Å²) in [5.74, 6) is -2.67. The van der Waals surface area contributed by atoms with Gasteiger partial charge in [-0.1, -0.05) is 35.9 Å². The van der Waals surface area contributed by atoms with Crippen LogP contribution in [0.5, 0.6) is 0 Å². The fourth-order valence-electron chi connectivity index (χ4n) is 4.43. The Labute approximate surface area is 309 Å². The van der Waals surface area contributed by atoms with E-state index in [0.717, 1.165) is 17.7 Å². The number of nitrogen functional groups attached to an aromatic ring is 2. The van der Waals surface area contributed by atoms with Crippen LogP contribution in [-0.2, 0) is 40.0 Å². The smallest absolute Gasteiger partial charge is 0.397 e. The van der Waals surface area contributed by atoms with Crippen molar-refractivity contribution in [3.05, 3.63) is 101 Å². The van der Waals surface area contributed by atoms with E-state index in [0.29, 0.717) is 11.3 Å². The van der Waals surface area contributed by atoms with Crippen molar-refractivity contribution in [2.45, 2.75) is 24.5 Å². The minimum absolute atomic E-state index is 0.0912. The standard InChI is InChI=1S/C32H33N9O10S3/c1-3-25(33)53(46,47)18-20-6-10-22(11-7-20)37-40-30-26(32(42)43)29(39-36-21-8-4-19(2)5-9-21)27(34)31(28(30)35)41-38-23-12-14-24(15-13-23)52(44,45)17-16-51-54(48,49)50/h3-15H,16-18,33-35H2,1-2H3,(H,42,43)(H,48,49,50)/b25-3-,39-36?,40-37?,41-38?. The fraction of sp³-hybridized carbons (Fsp3) is 0.156. The Balaban J connectivity index is 1.76. The van der Waals surface area contributed by atoms with Crippen LogP contribution in [0.15, 0.2) is 119 Å². The first-order valence-electron chi connectivity index (χ1n) is 15.3. The van der Waals surface area contributed by atoms with E-state index in [-0.39, 0.29) is 49.8 Å². The minimum atomic E-state index is -4.83. The normalized spacial score (nSPS) is 13.0. The van der Waals surface area contributed by atoms with Gasteiger partial charge in [0.1, 0.15) is 27.7 Å². The number of aryl methyl sites for hydroxylation is 1. The molecule has 22 heteroatoms. The van der Waals surface area contributed by atoms with Gasteiger partial charge in [-0.05, 0) is 67.9 Å². The van der Waals surface area contributed by atoms with Crippen LogP contribution in [0.1, 0.15) is 28.4 Å². The van der Waals surface area contributed by atoms with Gasteiger partial charge >= 0.3 is 16.4 Å². The van der Waals surface area contributed by atoms with Crippen molar-refractivity contribution < 1.29 is 43.9 Å². The third-order valence-corrected chi connectivity index (χ3v) is 11.1. The Kier molecular flexibility index (Phi) is 12.7. The summed E-state index contributed by atoms with van der Waals surface area (Å²) in [6, 6.07) is 17.5. The van der Waals surface area contributed by atoms with Crippen LogP contribution in [0.3, 0.4) is 0 Å².